The lowest BCUT2D eigenvalue weighted by Gasteiger charge is -2.23. The third-order valence-electron chi connectivity index (χ3n) is 2.92. The molecule has 0 aromatic heterocycles. The van der Waals surface area contributed by atoms with Gasteiger partial charge in [0.05, 0.1) is 6.54 Å². The molecule has 102 valence electrons. The number of fused-ring (bicyclic) bond motifs is 1. The Kier molecular flexibility index (Phi) is 4.35. The average Bonchev–Trinajstić information content (AvgIpc) is 2.59. The molecule has 0 unspecified atom stereocenters. The van der Waals surface area contributed by atoms with Crippen LogP contribution in [-0.4, -0.2) is 31.4 Å². The number of nitrogens with one attached hydrogen (secondary N) is 3. The molecule has 0 radical (unpaired) electrons. The molecule has 19 heavy (non-hydrogen) atoms. The van der Waals surface area contributed by atoms with Gasteiger partial charge in [0, 0.05) is 32.2 Å². The molecule has 1 aromatic rings. The Morgan fingerprint density at radius 2 is 2.11 bits per heavy atom. The van der Waals surface area contributed by atoms with Crippen molar-refractivity contribution < 1.29 is 9.59 Å². The van der Waals surface area contributed by atoms with Gasteiger partial charge in [-0.05, 0) is 11.6 Å². The first-order chi connectivity index (χ1) is 9.16. The summed E-state index contributed by atoms with van der Waals surface area (Å²) in [6, 6.07) is 8.00. The van der Waals surface area contributed by atoms with Gasteiger partial charge < -0.3 is 10.2 Å². The molecule has 0 bridgehead atoms. The molecule has 0 saturated heterocycles. The summed E-state index contributed by atoms with van der Waals surface area (Å²) in [6.45, 7) is 3.96. The number of amides is 2. The SMILES string of the molecule is CC(=O)NNC(=O)CN1CCNCc2ccccc21. The molecular formula is C13H18N4O2. The number of hydrazine groups is 1. The molecule has 6 heteroatoms. The number of hydrogen-bond acceptors (Lipinski definition) is 4. The van der Waals surface area contributed by atoms with E-state index in [1.54, 1.807) is 0 Å². The van der Waals surface area contributed by atoms with Crippen LogP contribution in [0.5, 0.6) is 0 Å². The van der Waals surface area contributed by atoms with Crippen LogP contribution in [0.25, 0.3) is 0 Å². The molecule has 6 nitrogen and oxygen atoms in total. The Labute approximate surface area is 112 Å². The van der Waals surface area contributed by atoms with E-state index in [0.29, 0.717) is 0 Å². The number of para-hydroxylation sites is 1. The second-order valence-corrected chi connectivity index (χ2v) is 4.46. The van der Waals surface area contributed by atoms with Crippen LogP contribution in [0, 0.1) is 0 Å². The Morgan fingerprint density at radius 1 is 1.32 bits per heavy atom. The standard InChI is InChI=1S/C13H18N4O2/c1-10(18)15-16-13(19)9-17-7-6-14-8-11-4-2-3-5-12(11)17/h2-5,14H,6-9H2,1H3,(H,15,18)(H,16,19). The maximum Gasteiger partial charge on any atom is 0.257 e. The van der Waals surface area contributed by atoms with Crippen LogP contribution in [0.2, 0.25) is 0 Å². The van der Waals surface area contributed by atoms with Gasteiger partial charge >= 0.3 is 0 Å². The number of nitrogens with zero attached hydrogens (tertiary/aromatic N) is 1. The van der Waals surface area contributed by atoms with E-state index in [-0.39, 0.29) is 18.4 Å². The molecule has 2 rings (SSSR count). The van der Waals surface area contributed by atoms with Gasteiger partial charge in [0.15, 0.2) is 0 Å². The molecule has 1 aromatic carbocycles. The Hall–Kier alpha value is -2.08. The Balaban J connectivity index is 2.03. The zero-order valence-electron chi connectivity index (χ0n) is 10.9. The minimum atomic E-state index is -0.286. The van der Waals surface area contributed by atoms with Crippen LogP contribution in [-0.2, 0) is 16.1 Å². The van der Waals surface area contributed by atoms with Crippen molar-refractivity contribution in [2.24, 2.45) is 0 Å². The Bertz CT molecular complexity index is 475. The van der Waals surface area contributed by atoms with Crippen molar-refractivity contribution in [3.63, 3.8) is 0 Å². The van der Waals surface area contributed by atoms with Crippen LogP contribution in [0.1, 0.15) is 12.5 Å². The lowest BCUT2D eigenvalue weighted by molar-refractivity contribution is -0.127. The molecule has 0 saturated carbocycles. The summed E-state index contributed by atoms with van der Waals surface area (Å²) in [7, 11) is 0. The molecule has 1 aliphatic heterocycles. The van der Waals surface area contributed by atoms with Crippen LogP contribution in [0.15, 0.2) is 24.3 Å². The topological polar surface area (TPSA) is 73.5 Å². The quantitative estimate of drug-likeness (QED) is 0.643. The van der Waals surface area contributed by atoms with E-state index in [4.69, 9.17) is 0 Å². The van der Waals surface area contributed by atoms with E-state index in [1.807, 2.05) is 29.2 Å². The van der Waals surface area contributed by atoms with Gasteiger partial charge in [-0.1, -0.05) is 18.2 Å². The van der Waals surface area contributed by atoms with Gasteiger partial charge in [0.25, 0.3) is 5.91 Å². The van der Waals surface area contributed by atoms with Crippen molar-refractivity contribution in [2.45, 2.75) is 13.5 Å². The maximum absolute atomic E-state index is 11.7. The number of carbonyl (C=O) groups excluding carboxylic acids is 2. The van der Waals surface area contributed by atoms with Crippen molar-refractivity contribution in [1.29, 1.82) is 0 Å². The summed E-state index contributed by atoms with van der Waals surface area (Å²) in [5.74, 6) is -0.516. The average molecular weight is 262 g/mol. The van der Waals surface area contributed by atoms with Gasteiger partial charge in [0.1, 0.15) is 0 Å². The van der Waals surface area contributed by atoms with Gasteiger partial charge in [0.2, 0.25) is 5.91 Å². The van der Waals surface area contributed by atoms with E-state index in [1.165, 1.54) is 12.5 Å². The molecule has 0 spiro atoms. The van der Waals surface area contributed by atoms with E-state index in [2.05, 4.69) is 16.2 Å². The first-order valence-corrected chi connectivity index (χ1v) is 6.26. The maximum atomic E-state index is 11.7. The van der Waals surface area contributed by atoms with E-state index < -0.39 is 0 Å². The minimum absolute atomic E-state index is 0.221. The van der Waals surface area contributed by atoms with Gasteiger partial charge in [-0.3, -0.25) is 20.4 Å². The summed E-state index contributed by atoms with van der Waals surface area (Å²) in [6.07, 6.45) is 0. The monoisotopic (exact) mass is 262 g/mol. The van der Waals surface area contributed by atoms with Crippen molar-refractivity contribution in [1.82, 2.24) is 16.2 Å². The largest absolute Gasteiger partial charge is 0.361 e. The molecule has 1 heterocycles. The summed E-state index contributed by atoms with van der Waals surface area (Å²) in [4.78, 5) is 24.5. The predicted molar refractivity (Wildman–Crippen MR) is 72.3 cm³/mol. The third kappa shape index (κ3) is 3.69. The first kappa shape index (κ1) is 13.4. The first-order valence-electron chi connectivity index (χ1n) is 6.26. The lowest BCUT2D eigenvalue weighted by atomic mass is 10.1. The van der Waals surface area contributed by atoms with Crippen molar-refractivity contribution in [3.8, 4) is 0 Å². The number of anilines is 1. The summed E-state index contributed by atoms with van der Waals surface area (Å²) in [5.41, 5.74) is 6.91. The fourth-order valence-electron chi connectivity index (χ4n) is 2.06. The molecule has 1 aliphatic rings. The Morgan fingerprint density at radius 3 is 2.89 bits per heavy atom. The van der Waals surface area contributed by atoms with Crippen LogP contribution in [0.4, 0.5) is 5.69 Å². The summed E-state index contributed by atoms with van der Waals surface area (Å²) in [5, 5.41) is 3.31. The van der Waals surface area contributed by atoms with Gasteiger partial charge in [-0.25, -0.2) is 0 Å². The highest BCUT2D eigenvalue weighted by molar-refractivity contribution is 5.84. The van der Waals surface area contributed by atoms with Crippen molar-refractivity contribution in [3.05, 3.63) is 29.8 Å². The van der Waals surface area contributed by atoms with Crippen molar-refractivity contribution >= 4 is 17.5 Å². The smallest absolute Gasteiger partial charge is 0.257 e. The summed E-state index contributed by atoms with van der Waals surface area (Å²) >= 11 is 0. The second-order valence-electron chi connectivity index (χ2n) is 4.46. The highest BCUT2D eigenvalue weighted by Crippen LogP contribution is 2.21. The van der Waals surface area contributed by atoms with Gasteiger partial charge in [-0.2, -0.15) is 0 Å². The molecule has 2 amide bonds. The second kappa shape index (κ2) is 6.19. The third-order valence-corrected chi connectivity index (χ3v) is 2.92. The number of carbonyl (C=O) groups is 2. The highest BCUT2D eigenvalue weighted by Gasteiger charge is 2.16. The molecular weight excluding hydrogens is 244 g/mol. The van der Waals surface area contributed by atoms with Crippen LogP contribution < -0.4 is 21.1 Å². The highest BCUT2D eigenvalue weighted by atomic mass is 16.2. The van der Waals surface area contributed by atoms with E-state index in [0.717, 1.165) is 25.3 Å². The number of hydrogen-bond donors (Lipinski definition) is 3. The fraction of sp³-hybridized carbons (Fsp3) is 0.385. The molecule has 0 fully saturated rings. The summed E-state index contributed by atoms with van der Waals surface area (Å²) < 4.78 is 0. The van der Waals surface area contributed by atoms with Gasteiger partial charge in [-0.15, -0.1) is 0 Å². The van der Waals surface area contributed by atoms with E-state index >= 15 is 0 Å². The predicted octanol–water partition coefficient (Wildman–Crippen LogP) is -0.236. The molecule has 0 atom stereocenters. The fourth-order valence-corrected chi connectivity index (χ4v) is 2.06. The van der Waals surface area contributed by atoms with Crippen molar-refractivity contribution in [2.75, 3.05) is 24.5 Å². The number of benzene rings is 1. The van der Waals surface area contributed by atoms with E-state index in [9.17, 15) is 9.59 Å². The molecule has 0 aliphatic carbocycles. The molecule has 3 N–H and O–H groups in total. The lowest BCUT2D eigenvalue weighted by Crippen LogP contribution is -2.46. The zero-order valence-corrected chi connectivity index (χ0v) is 10.9. The zero-order chi connectivity index (χ0) is 13.7. The van der Waals surface area contributed by atoms with Crippen LogP contribution >= 0.6 is 0 Å². The number of rotatable bonds is 2. The van der Waals surface area contributed by atoms with Crippen LogP contribution in [0.3, 0.4) is 0 Å². The normalized spacial score (nSPS) is 14.3. The minimum Gasteiger partial charge on any atom is -0.361 e.